The zero-order valence-corrected chi connectivity index (χ0v) is 24.0. The van der Waals surface area contributed by atoms with Crippen LogP contribution in [-0.4, -0.2) is 32.3 Å². The summed E-state index contributed by atoms with van der Waals surface area (Å²) in [6.07, 6.45) is 3.13. The number of halogens is 2. The predicted octanol–water partition coefficient (Wildman–Crippen LogP) is 6.90. The highest BCUT2D eigenvalue weighted by Crippen LogP contribution is 2.32. The van der Waals surface area contributed by atoms with Gasteiger partial charge in [0.2, 0.25) is 0 Å². The van der Waals surface area contributed by atoms with Crippen molar-refractivity contribution in [2.24, 2.45) is 7.05 Å². The van der Waals surface area contributed by atoms with Crippen LogP contribution in [0.4, 0.5) is 4.79 Å². The highest BCUT2D eigenvalue weighted by atomic mass is 35.5. The number of amides is 1. The zero-order valence-electron chi connectivity index (χ0n) is 22.5. The zero-order chi connectivity index (χ0) is 27.9. The molecule has 0 radical (unpaired) electrons. The molecule has 0 saturated heterocycles. The van der Waals surface area contributed by atoms with E-state index in [1.165, 1.54) is 11.8 Å². The van der Waals surface area contributed by atoms with E-state index in [9.17, 15) is 9.59 Å². The van der Waals surface area contributed by atoms with Crippen LogP contribution in [0.5, 0.6) is 5.75 Å². The molecule has 4 aromatic rings. The molecule has 39 heavy (non-hydrogen) atoms. The van der Waals surface area contributed by atoms with Crippen LogP contribution >= 0.6 is 23.2 Å². The van der Waals surface area contributed by atoms with Crippen LogP contribution < -0.4 is 10.3 Å². The fraction of sp³-hybridized carbons (Fsp3) is 0.333. The summed E-state index contributed by atoms with van der Waals surface area (Å²) in [6.45, 7) is 7.00. The lowest BCUT2D eigenvalue weighted by Gasteiger charge is -2.26. The van der Waals surface area contributed by atoms with E-state index in [2.05, 4.69) is 4.57 Å². The molecule has 0 fully saturated rings. The first-order chi connectivity index (χ1) is 18.5. The summed E-state index contributed by atoms with van der Waals surface area (Å²) >= 11 is 12.2. The Bertz CT molecular complexity index is 1620. The minimum atomic E-state index is -0.545. The Morgan fingerprint density at radius 2 is 1.85 bits per heavy atom. The van der Waals surface area contributed by atoms with Gasteiger partial charge in [0.25, 0.3) is 5.56 Å². The molecule has 1 aliphatic rings. The van der Waals surface area contributed by atoms with Crippen LogP contribution in [0.2, 0.25) is 10.0 Å². The highest BCUT2D eigenvalue weighted by molar-refractivity contribution is 6.35. The van der Waals surface area contributed by atoms with Gasteiger partial charge in [-0.15, -0.1) is 0 Å². The molecule has 3 heterocycles. The Morgan fingerprint density at radius 1 is 1.05 bits per heavy atom. The van der Waals surface area contributed by atoms with E-state index >= 15 is 0 Å². The van der Waals surface area contributed by atoms with Crippen LogP contribution in [0, 0.1) is 0 Å². The summed E-state index contributed by atoms with van der Waals surface area (Å²) in [5, 5.41) is 2.14. The van der Waals surface area contributed by atoms with Crippen molar-refractivity contribution in [1.29, 1.82) is 0 Å². The van der Waals surface area contributed by atoms with Gasteiger partial charge in [0.1, 0.15) is 18.0 Å². The lowest BCUT2D eigenvalue weighted by atomic mass is 10.1. The predicted molar refractivity (Wildman–Crippen MR) is 154 cm³/mol. The minimum Gasteiger partial charge on any atom is -0.489 e. The normalized spacial score (nSPS) is 13.7. The Labute approximate surface area is 237 Å². The Hall–Kier alpha value is -3.42. The number of aryl methyl sites for hydroxylation is 1. The summed E-state index contributed by atoms with van der Waals surface area (Å²) in [4.78, 5) is 27.6. The Morgan fingerprint density at radius 3 is 2.56 bits per heavy atom. The van der Waals surface area contributed by atoms with Crippen LogP contribution in [-0.2, 0) is 31.4 Å². The fourth-order valence-corrected chi connectivity index (χ4v) is 5.42. The number of ether oxygens (including phenoxy) is 2. The topological polar surface area (TPSA) is 65.7 Å². The molecule has 9 heteroatoms. The van der Waals surface area contributed by atoms with Crippen molar-refractivity contribution in [3.63, 3.8) is 0 Å². The first-order valence-corrected chi connectivity index (χ1v) is 13.6. The molecule has 0 saturated carbocycles. The van der Waals surface area contributed by atoms with Crippen molar-refractivity contribution < 1.29 is 14.3 Å². The molecule has 5 rings (SSSR count). The van der Waals surface area contributed by atoms with E-state index in [1.54, 1.807) is 39.9 Å². The number of fused-ring (bicyclic) bond motifs is 3. The van der Waals surface area contributed by atoms with E-state index in [0.29, 0.717) is 28.9 Å². The van der Waals surface area contributed by atoms with Gasteiger partial charge in [0.05, 0.1) is 17.7 Å². The lowest BCUT2D eigenvalue weighted by Crippen LogP contribution is -2.36. The average Bonchev–Trinajstić information content (AvgIpc) is 3.00. The SMILES string of the molecule is Cn1c2c(c3ccc(-n4ccc(OCc5ccc(Cl)cc5Cl)cc4=O)cc31)CN(C(=O)OC(C)(C)C)CCC2. The first-order valence-electron chi connectivity index (χ1n) is 12.9. The lowest BCUT2D eigenvalue weighted by molar-refractivity contribution is 0.0237. The third kappa shape index (κ3) is 5.80. The molecule has 0 aliphatic carbocycles. The summed E-state index contributed by atoms with van der Waals surface area (Å²) in [6, 6.07) is 14.4. The maximum atomic E-state index is 13.0. The van der Waals surface area contributed by atoms with E-state index in [4.69, 9.17) is 32.7 Å². The molecule has 1 amide bonds. The van der Waals surface area contributed by atoms with E-state index < -0.39 is 5.60 Å². The van der Waals surface area contributed by atoms with Gasteiger partial charge in [-0.3, -0.25) is 9.36 Å². The second-order valence-electron chi connectivity index (χ2n) is 10.8. The van der Waals surface area contributed by atoms with Crippen LogP contribution in [0.1, 0.15) is 44.0 Å². The van der Waals surface area contributed by atoms with Gasteiger partial charge in [0.15, 0.2) is 0 Å². The summed E-state index contributed by atoms with van der Waals surface area (Å²) in [7, 11) is 2.04. The summed E-state index contributed by atoms with van der Waals surface area (Å²) in [5.41, 5.74) is 4.11. The van der Waals surface area contributed by atoms with E-state index in [0.717, 1.165) is 40.6 Å². The molecule has 0 N–H and O–H groups in total. The number of benzene rings is 2. The van der Waals surface area contributed by atoms with Gasteiger partial charge >= 0.3 is 6.09 Å². The van der Waals surface area contributed by atoms with Crippen molar-refractivity contribution in [2.45, 2.75) is 52.4 Å². The van der Waals surface area contributed by atoms with Gasteiger partial charge in [-0.05, 0) is 63.9 Å². The van der Waals surface area contributed by atoms with Gasteiger partial charge in [-0.2, -0.15) is 0 Å². The smallest absolute Gasteiger partial charge is 0.410 e. The number of carbonyl (C=O) groups is 1. The quantitative estimate of drug-likeness (QED) is 0.269. The summed E-state index contributed by atoms with van der Waals surface area (Å²) < 4.78 is 15.2. The standard InChI is InChI=1S/C30H31Cl2N3O4/c1-30(2,3)39-29(37)34-12-5-6-26-24(17-34)23-10-9-21(15-27(23)33(26)4)35-13-11-22(16-28(35)36)38-18-19-7-8-20(31)14-25(19)32/h7-11,13-16H,5-6,12,17-18H2,1-4H3. The molecular weight excluding hydrogens is 537 g/mol. The maximum Gasteiger partial charge on any atom is 0.410 e. The van der Waals surface area contributed by atoms with Gasteiger partial charge < -0.3 is 18.9 Å². The summed E-state index contributed by atoms with van der Waals surface area (Å²) in [5.74, 6) is 0.455. The first kappa shape index (κ1) is 27.2. The third-order valence-corrected chi connectivity index (χ3v) is 7.43. The number of rotatable bonds is 4. The monoisotopic (exact) mass is 567 g/mol. The molecular formula is C30H31Cl2N3O4. The molecule has 204 valence electrons. The van der Waals surface area contributed by atoms with Crippen LogP contribution in [0.25, 0.3) is 16.6 Å². The molecule has 0 spiro atoms. The number of hydrogen-bond acceptors (Lipinski definition) is 4. The second-order valence-corrected chi connectivity index (χ2v) is 11.6. The molecule has 7 nitrogen and oxygen atoms in total. The minimum absolute atomic E-state index is 0.207. The Balaban J connectivity index is 1.40. The number of carbonyl (C=O) groups excluding carboxylic acids is 1. The van der Waals surface area contributed by atoms with Crippen LogP contribution in [0.3, 0.4) is 0 Å². The van der Waals surface area contributed by atoms with Crippen molar-refractivity contribution >= 4 is 40.2 Å². The second kappa shape index (κ2) is 10.6. The number of pyridine rings is 1. The van der Waals surface area contributed by atoms with Gasteiger partial charge in [0, 0.05) is 58.1 Å². The average molecular weight is 569 g/mol. The number of hydrogen-bond donors (Lipinski definition) is 0. The van der Waals surface area contributed by atoms with Crippen molar-refractivity contribution in [3.05, 3.63) is 91.9 Å². The van der Waals surface area contributed by atoms with E-state index in [1.807, 2.05) is 46.0 Å². The van der Waals surface area contributed by atoms with Crippen molar-refractivity contribution in [3.8, 4) is 11.4 Å². The Kier molecular flexibility index (Phi) is 7.40. The molecule has 2 aromatic carbocycles. The van der Waals surface area contributed by atoms with E-state index in [-0.39, 0.29) is 18.3 Å². The van der Waals surface area contributed by atoms with Gasteiger partial charge in [-0.1, -0.05) is 35.3 Å². The highest BCUT2D eigenvalue weighted by Gasteiger charge is 2.27. The largest absolute Gasteiger partial charge is 0.489 e. The number of aromatic nitrogens is 2. The maximum absolute atomic E-state index is 13.0. The third-order valence-electron chi connectivity index (χ3n) is 6.84. The fourth-order valence-electron chi connectivity index (χ4n) is 4.95. The van der Waals surface area contributed by atoms with Crippen molar-refractivity contribution in [1.82, 2.24) is 14.0 Å². The van der Waals surface area contributed by atoms with Crippen LogP contribution in [0.15, 0.2) is 59.5 Å². The molecule has 0 bridgehead atoms. The number of nitrogens with zero attached hydrogens (tertiary/aromatic N) is 3. The molecule has 0 atom stereocenters. The molecule has 0 unspecified atom stereocenters. The molecule has 1 aliphatic heterocycles. The molecule has 2 aromatic heterocycles. The van der Waals surface area contributed by atoms with Gasteiger partial charge in [-0.25, -0.2) is 4.79 Å². The van der Waals surface area contributed by atoms with Crippen molar-refractivity contribution in [2.75, 3.05) is 6.54 Å².